The number of rotatable bonds is 6. The van der Waals surface area contributed by atoms with Crippen LogP contribution in [0.2, 0.25) is 0 Å². The third-order valence-electron chi connectivity index (χ3n) is 3.23. The van der Waals surface area contributed by atoms with Crippen LogP contribution >= 0.6 is 0 Å². The maximum Gasteiger partial charge on any atom is 0.219 e. The molecule has 0 amide bonds. The summed E-state index contributed by atoms with van der Waals surface area (Å²) in [5, 5.41) is 0. The lowest BCUT2D eigenvalue weighted by Crippen LogP contribution is -2.44. The Labute approximate surface area is 107 Å². The molecule has 17 heavy (non-hydrogen) atoms. The Morgan fingerprint density at radius 1 is 1.24 bits per heavy atom. The fourth-order valence-corrected chi connectivity index (χ4v) is 3.21. The van der Waals surface area contributed by atoms with Crippen molar-refractivity contribution in [1.82, 2.24) is 4.31 Å². The third kappa shape index (κ3) is 4.25. The van der Waals surface area contributed by atoms with E-state index in [2.05, 4.69) is 13.8 Å². The summed E-state index contributed by atoms with van der Waals surface area (Å²) in [5.74, 6) is 1.16. The predicted molar refractivity (Wildman–Crippen MR) is 72.4 cm³/mol. The van der Waals surface area contributed by atoms with Crippen molar-refractivity contribution in [2.75, 3.05) is 13.1 Å². The summed E-state index contributed by atoms with van der Waals surface area (Å²) in [7, 11) is -3.16. The molecule has 4 heteroatoms. The summed E-state index contributed by atoms with van der Waals surface area (Å²) in [6.45, 7) is 11.0. The molecule has 0 aliphatic heterocycles. The van der Waals surface area contributed by atoms with Crippen LogP contribution in [0.3, 0.4) is 0 Å². The highest BCUT2D eigenvalue weighted by Gasteiger charge is 2.37. The second-order valence-electron chi connectivity index (χ2n) is 6.60. The largest absolute Gasteiger partial charge is 0.219 e. The van der Waals surface area contributed by atoms with Crippen LogP contribution in [-0.4, -0.2) is 30.6 Å². The molecule has 0 unspecified atom stereocenters. The van der Waals surface area contributed by atoms with Gasteiger partial charge in [-0.15, -0.1) is 0 Å². The Hall–Kier alpha value is -0.0900. The number of hydrogen-bond acceptors (Lipinski definition) is 2. The van der Waals surface area contributed by atoms with Gasteiger partial charge in [-0.05, 0) is 51.9 Å². The fourth-order valence-electron chi connectivity index (χ4n) is 1.69. The van der Waals surface area contributed by atoms with Crippen LogP contribution < -0.4 is 0 Å². The van der Waals surface area contributed by atoms with Gasteiger partial charge in [-0.2, -0.15) is 0 Å². The topological polar surface area (TPSA) is 37.4 Å². The molecule has 0 aromatic rings. The van der Waals surface area contributed by atoms with Gasteiger partial charge in [-0.25, -0.2) is 12.7 Å². The summed E-state index contributed by atoms with van der Waals surface area (Å²) in [6.07, 6.45) is 3.33. The van der Waals surface area contributed by atoms with Gasteiger partial charge in [0.2, 0.25) is 10.0 Å². The van der Waals surface area contributed by atoms with Crippen LogP contribution in [0.4, 0.5) is 0 Å². The van der Waals surface area contributed by atoms with Crippen molar-refractivity contribution in [3.63, 3.8) is 0 Å². The van der Waals surface area contributed by atoms with Gasteiger partial charge >= 0.3 is 0 Å². The van der Waals surface area contributed by atoms with Gasteiger partial charge in [0.15, 0.2) is 0 Å². The van der Waals surface area contributed by atoms with E-state index in [0.717, 1.165) is 13.0 Å². The van der Waals surface area contributed by atoms with E-state index < -0.39 is 14.8 Å². The second-order valence-corrected chi connectivity index (χ2v) is 9.29. The zero-order valence-corrected chi connectivity index (χ0v) is 12.7. The molecular formula is C13H27NO2S. The van der Waals surface area contributed by atoms with E-state index in [1.165, 1.54) is 12.8 Å². The summed E-state index contributed by atoms with van der Waals surface area (Å²) < 4.78 is 26.0. The van der Waals surface area contributed by atoms with Crippen LogP contribution in [0.25, 0.3) is 0 Å². The average molecular weight is 261 g/mol. The smallest absolute Gasteiger partial charge is 0.212 e. The van der Waals surface area contributed by atoms with Gasteiger partial charge in [0.1, 0.15) is 0 Å². The molecule has 1 fully saturated rings. The third-order valence-corrected chi connectivity index (χ3v) is 5.79. The first-order chi connectivity index (χ1) is 7.64. The van der Waals surface area contributed by atoms with Crippen molar-refractivity contribution < 1.29 is 8.42 Å². The zero-order valence-electron chi connectivity index (χ0n) is 11.9. The van der Waals surface area contributed by atoms with Gasteiger partial charge in [0.05, 0.1) is 4.75 Å². The molecule has 0 atom stereocenters. The molecule has 0 aromatic heterocycles. The van der Waals surface area contributed by atoms with E-state index >= 15 is 0 Å². The number of sulfonamides is 1. The van der Waals surface area contributed by atoms with Crippen molar-refractivity contribution in [3.05, 3.63) is 0 Å². The molecule has 1 saturated carbocycles. The highest BCUT2D eigenvalue weighted by Crippen LogP contribution is 2.32. The summed E-state index contributed by atoms with van der Waals surface area (Å²) in [4.78, 5) is 0. The molecule has 0 heterocycles. The zero-order chi connectivity index (χ0) is 13.3. The first kappa shape index (κ1) is 15.0. The minimum atomic E-state index is -3.16. The van der Waals surface area contributed by atoms with Crippen molar-refractivity contribution in [1.29, 1.82) is 0 Å². The molecule has 3 nitrogen and oxygen atoms in total. The van der Waals surface area contributed by atoms with Gasteiger partial charge in [0.25, 0.3) is 0 Å². The Bertz CT molecular complexity index is 337. The monoisotopic (exact) mass is 261 g/mol. The van der Waals surface area contributed by atoms with Crippen LogP contribution in [0, 0.1) is 11.8 Å². The molecule has 0 bridgehead atoms. The number of nitrogens with zero attached hydrogens (tertiary/aromatic N) is 1. The van der Waals surface area contributed by atoms with E-state index in [1.807, 2.05) is 0 Å². The predicted octanol–water partition coefficient (Wildman–Crippen LogP) is 2.87. The van der Waals surface area contributed by atoms with Crippen LogP contribution in [0.1, 0.15) is 53.9 Å². The maximum absolute atomic E-state index is 12.5. The van der Waals surface area contributed by atoms with Gasteiger partial charge in [0, 0.05) is 13.1 Å². The average Bonchev–Trinajstić information content (AvgIpc) is 2.93. The molecule has 0 aromatic carbocycles. The number of hydrogen-bond donors (Lipinski definition) is 0. The summed E-state index contributed by atoms with van der Waals surface area (Å²) >= 11 is 0. The van der Waals surface area contributed by atoms with Crippen molar-refractivity contribution >= 4 is 10.0 Å². The van der Waals surface area contributed by atoms with Gasteiger partial charge in [-0.1, -0.05) is 13.8 Å². The quantitative estimate of drug-likeness (QED) is 0.737. The van der Waals surface area contributed by atoms with Crippen LogP contribution in [0.5, 0.6) is 0 Å². The molecular weight excluding hydrogens is 234 g/mol. The minimum absolute atomic E-state index is 0.548. The second kappa shape index (κ2) is 5.27. The lowest BCUT2D eigenvalue weighted by molar-refractivity contribution is 0.357. The maximum atomic E-state index is 12.5. The molecule has 1 aliphatic carbocycles. The molecule has 0 radical (unpaired) electrons. The van der Waals surface area contributed by atoms with Crippen LogP contribution in [-0.2, 0) is 10.0 Å². The summed E-state index contributed by atoms with van der Waals surface area (Å²) in [5.41, 5.74) is 0. The molecule has 0 saturated heterocycles. The van der Waals surface area contributed by atoms with Crippen LogP contribution in [0.15, 0.2) is 0 Å². The first-order valence-corrected chi connectivity index (χ1v) is 8.08. The van der Waals surface area contributed by atoms with Gasteiger partial charge in [-0.3, -0.25) is 0 Å². The molecule has 1 aliphatic rings. The summed E-state index contributed by atoms with van der Waals surface area (Å²) in [6, 6.07) is 0. The lowest BCUT2D eigenvalue weighted by atomic mass is 10.1. The molecule has 102 valence electrons. The van der Waals surface area contributed by atoms with E-state index in [1.54, 1.807) is 25.1 Å². The standard InChI is InChI=1S/C13H27NO2S/c1-11(2)8-9-14(10-12-6-7-12)17(15,16)13(3,4)5/h11-12H,6-10H2,1-5H3. The Morgan fingerprint density at radius 2 is 1.76 bits per heavy atom. The Kier molecular flexibility index (Phi) is 4.64. The van der Waals surface area contributed by atoms with Crippen molar-refractivity contribution in [3.8, 4) is 0 Å². The fraction of sp³-hybridized carbons (Fsp3) is 1.00. The lowest BCUT2D eigenvalue weighted by Gasteiger charge is -2.30. The molecule has 0 spiro atoms. The normalized spacial score (nSPS) is 18.1. The highest BCUT2D eigenvalue weighted by molar-refractivity contribution is 7.90. The molecule has 0 N–H and O–H groups in total. The SMILES string of the molecule is CC(C)CCN(CC1CC1)S(=O)(=O)C(C)(C)C. The van der Waals surface area contributed by atoms with E-state index in [4.69, 9.17) is 0 Å². The van der Waals surface area contributed by atoms with E-state index in [-0.39, 0.29) is 0 Å². The van der Waals surface area contributed by atoms with E-state index in [0.29, 0.717) is 18.4 Å². The highest BCUT2D eigenvalue weighted by atomic mass is 32.2. The van der Waals surface area contributed by atoms with Crippen molar-refractivity contribution in [2.24, 2.45) is 11.8 Å². The van der Waals surface area contributed by atoms with E-state index in [9.17, 15) is 8.42 Å². The minimum Gasteiger partial charge on any atom is -0.212 e. The first-order valence-electron chi connectivity index (χ1n) is 6.64. The Morgan fingerprint density at radius 3 is 2.12 bits per heavy atom. The Balaban J connectivity index is 2.73. The van der Waals surface area contributed by atoms with Crippen molar-refractivity contribution in [2.45, 2.75) is 58.6 Å². The van der Waals surface area contributed by atoms with Gasteiger partial charge < -0.3 is 0 Å². The molecule has 1 rings (SSSR count).